The zero-order chi connectivity index (χ0) is 13.5. The number of aromatic amines is 1. The van der Waals surface area contributed by atoms with Gasteiger partial charge in [0.05, 0.1) is 0 Å². The van der Waals surface area contributed by atoms with E-state index in [1.165, 1.54) is 31.2 Å². The zero-order valence-electron chi connectivity index (χ0n) is 11.0. The predicted molar refractivity (Wildman–Crippen MR) is 78.1 cm³/mol. The summed E-state index contributed by atoms with van der Waals surface area (Å²) in [6, 6.07) is 8.60. The molecule has 4 rings (SSSR count). The first-order valence-corrected chi connectivity index (χ1v) is 6.88. The minimum Gasteiger partial charge on any atom is -0.382 e. The van der Waals surface area contributed by atoms with Gasteiger partial charge in [-0.15, -0.1) is 0 Å². The molecule has 1 saturated carbocycles. The Morgan fingerprint density at radius 2 is 1.90 bits per heavy atom. The Bertz CT molecular complexity index is 756. The third kappa shape index (κ3) is 1.74. The monoisotopic (exact) mass is 265 g/mol. The van der Waals surface area contributed by atoms with Gasteiger partial charge in [-0.25, -0.2) is 15.0 Å². The molecule has 1 aliphatic carbocycles. The Morgan fingerprint density at radius 3 is 2.55 bits per heavy atom. The number of nitrogen functional groups attached to an aromatic ring is 1. The highest BCUT2D eigenvalue weighted by Crippen LogP contribution is 2.36. The van der Waals surface area contributed by atoms with E-state index in [1.807, 2.05) is 0 Å². The van der Waals surface area contributed by atoms with Crippen molar-refractivity contribution in [3.63, 3.8) is 0 Å². The first-order valence-electron chi connectivity index (χ1n) is 6.88. The Kier molecular flexibility index (Phi) is 2.45. The lowest BCUT2D eigenvalue weighted by atomic mass is 9.80. The second-order valence-electron chi connectivity index (χ2n) is 5.29. The third-order valence-electron chi connectivity index (χ3n) is 4.08. The van der Waals surface area contributed by atoms with E-state index < -0.39 is 0 Å². The predicted octanol–water partition coefficient (Wildman–Crippen LogP) is 2.87. The van der Waals surface area contributed by atoms with Gasteiger partial charge in [-0.05, 0) is 24.3 Å². The van der Waals surface area contributed by atoms with Crippen molar-refractivity contribution in [1.29, 1.82) is 0 Å². The molecule has 0 radical (unpaired) electrons. The van der Waals surface area contributed by atoms with Crippen molar-refractivity contribution in [3.05, 3.63) is 36.2 Å². The van der Waals surface area contributed by atoms with Crippen LogP contribution in [0.2, 0.25) is 0 Å². The van der Waals surface area contributed by atoms with E-state index in [0.717, 1.165) is 17.3 Å². The van der Waals surface area contributed by atoms with E-state index in [1.54, 1.807) is 0 Å². The Hall–Kier alpha value is -2.43. The SMILES string of the molecule is Nc1ncnc2nc(-c3ccc(C4CCC4)cc3)[nH]c12. The lowest BCUT2D eigenvalue weighted by Crippen LogP contribution is -2.08. The van der Waals surface area contributed by atoms with Gasteiger partial charge in [-0.3, -0.25) is 0 Å². The van der Waals surface area contributed by atoms with Crippen LogP contribution in [-0.4, -0.2) is 19.9 Å². The molecule has 0 saturated heterocycles. The van der Waals surface area contributed by atoms with Gasteiger partial charge in [0.2, 0.25) is 0 Å². The van der Waals surface area contributed by atoms with Crippen LogP contribution in [-0.2, 0) is 0 Å². The molecular weight excluding hydrogens is 250 g/mol. The number of aromatic nitrogens is 4. The molecule has 3 N–H and O–H groups in total. The maximum absolute atomic E-state index is 5.81. The van der Waals surface area contributed by atoms with Gasteiger partial charge >= 0.3 is 0 Å². The largest absolute Gasteiger partial charge is 0.382 e. The molecule has 2 aromatic heterocycles. The highest BCUT2D eigenvalue weighted by Gasteiger charge is 2.19. The molecule has 1 aromatic carbocycles. The number of hydrogen-bond donors (Lipinski definition) is 2. The molecule has 0 unspecified atom stereocenters. The molecule has 5 nitrogen and oxygen atoms in total. The van der Waals surface area contributed by atoms with Crippen LogP contribution in [0.15, 0.2) is 30.6 Å². The minimum absolute atomic E-state index is 0.430. The van der Waals surface area contributed by atoms with E-state index in [2.05, 4.69) is 44.2 Å². The quantitative estimate of drug-likeness (QED) is 0.746. The molecular formula is C15H15N5. The highest BCUT2D eigenvalue weighted by molar-refractivity contribution is 5.84. The number of nitrogens with zero attached hydrogens (tertiary/aromatic N) is 3. The van der Waals surface area contributed by atoms with Gasteiger partial charge in [-0.2, -0.15) is 0 Å². The molecule has 1 aliphatic rings. The summed E-state index contributed by atoms with van der Waals surface area (Å²) < 4.78 is 0. The molecule has 100 valence electrons. The van der Waals surface area contributed by atoms with Gasteiger partial charge in [0.15, 0.2) is 11.5 Å². The second kappa shape index (κ2) is 4.30. The average Bonchev–Trinajstić information content (AvgIpc) is 2.83. The summed E-state index contributed by atoms with van der Waals surface area (Å²) in [6.45, 7) is 0. The van der Waals surface area contributed by atoms with Crippen molar-refractivity contribution in [2.75, 3.05) is 5.73 Å². The third-order valence-corrected chi connectivity index (χ3v) is 4.08. The summed E-state index contributed by atoms with van der Waals surface area (Å²) in [5.74, 6) is 1.97. The molecule has 0 spiro atoms. The molecule has 3 aromatic rings. The van der Waals surface area contributed by atoms with Crippen LogP contribution >= 0.6 is 0 Å². The van der Waals surface area contributed by atoms with E-state index >= 15 is 0 Å². The lowest BCUT2D eigenvalue weighted by molar-refractivity contribution is 0.420. The second-order valence-corrected chi connectivity index (χ2v) is 5.29. The van der Waals surface area contributed by atoms with Crippen LogP contribution in [0.25, 0.3) is 22.6 Å². The minimum atomic E-state index is 0.430. The molecule has 5 heteroatoms. The molecule has 0 atom stereocenters. The number of nitrogens with two attached hydrogens (primary N) is 1. The molecule has 2 heterocycles. The van der Waals surface area contributed by atoms with Gasteiger partial charge in [0.1, 0.15) is 17.7 Å². The normalized spacial score (nSPS) is 15.4. The summed E-state index contributed by atoms with van der Waals surface area (Å²) in [7, 11) is 0. The van der Waals surface area contributed by atoms with Crippen LogP contribution in [0, 0.1) is 0 Å². The van der Waals surface area contributed by atoms with Crippen molar-refractivity contribution < 1.29 is 0 Å². The highest BCUT2D eigenvalue weighted by atomic mass is 15.0. The van der Waals surface area contributed by atoms with Crippen molar-refractivity contribution in [1.82, 2.24) is 19.9 Å². The molecule has 1 fully saturated rings. The smallest absolute Gasteiger partial charge is 0.183 e. The number of anilines is 1. The van der Waals surface area contributed by atoms with Crippen LogP contribution in [0.4, 0.5) is 5.82 Å². The van der Waals surface area contributed by atoms with Crippen molar-refractivity contribution in [2.45, 2.75) is 25.2 Å². The number of hydrogen-bond acceptors (Lipinski definition) is 4. The number of nitrogens with one attached hydrogen (secondary N) is 1. The van der Waals surface area contributed by atoms with Crippen LogP contribution in [0.3, 0.4) is 0 Å². The van der Waals surface area contributed by atoms with Gasteiger partial charge < -0.3 is 10.7 Å². The van der Waals surface area contributed by atoms with Crippen LogP contribution in [0.1, 0.15) is 30.7 Å². The molecule has 20 heavy (non-hydrogen) atoms. The van der Waals surface area contributed by atoms with E-state index in [0.29, 0.717) is 17.0 Å². The van der Waals surface area contributed by atoms with Crippen LogP contribution < -0.4 is 5.73 Å². The van der Waals surface area contributed by atoms with Gasteiger partial charge in [-0.1, -0.05) is 30.7 Å². The molecule has 0 aliphatic heterocycles. The molecule has 0 bridgehead atoms. The van der Waals surface area contributed by atoms with Crippen LogP contribution in [0.5, 0.6) is 0 Å². The standard InChI is InChI=1S/C15H15N5/c16-13-12-15(18-8-17-13)20-14(19-12)11-6-4-10(5-7-11)9-2-1-3-9/h4-9H,1-3H2,(H3,16,17,18,19,20). The maximum atomic E-state index is 5.81. The fourth-order valence-corrected chi connectivity index (χ4v) is 2.64. The Balaban J connectivity index is 1.72. The number of H-pyrrole nitrogens is 1. The summed E-state index contributed by atoms with van der Waals surface area (Å²) in [4.78, 5) is 15.8. The van der Waals surface area contributed by atoms with Crippen molar-refractivity contribution in [3.8, 4) is 11.4 Å². The first kappa shape index (κ1) is 11.4. The number of fused-ring (bicyclic) bond motifs is 1. The average molecular weight is 265 g/mol. The Morgan fingerprint density at radius 1 is 1.10 bits per heavy atom. The number of imidazole rings is 1. The first-order chi connectivity index (χ1) is 9.81. The number of benzene rings is 1. The maximum Gasteiger partial charge on any atom is 0.183 e. The van der Waals surface area contributed by atoms with Gasteiger partial charge in [0.25, 0.3) is 0 Å². The van der Waals surface area contributed by atoms with Crippen molar-refractivity contribution in [2.24, 2.45) is 0 Å². The summed E-state index contributed by atoms with van der Waals surface area (Å²) in [5.41, 5.74) is 9.59. The summed E-state index contributed by atoms with van der Waals surface area (Å²) in [5, 5.41) is 0. The lowest BCUT2D eigenvalue weighted by Gasteiger charge is -2.25. The fourth-order valence-electron chi connectivity index (χ4n) is 2.64. The van der Waals surface area contributed by atoms with E-state index in [9.17, 15) is 0 Å². The van der Waals surface area contributed by atoms with Crippen molar-refractivity contribution >= 4 is 17.0 Å². The summed E-state index contributed by atoms with van der Waals surface area (Å²) >= 11 is 0. The van der Waals surface area contributed by atoms with Gasteiger partial charge in [0, 0.05) is 5.56 Å². The van der Waals surface area contributed by atoms with E-state index in [-0.39, 0.29) is 0 Å². The fraction of sp³-hybridized carbons (Fsp3) is 0.267. The van der Waals surface area contributed by atoms with E-state index in [4.69, 9.17) is 5.73 Å². The summed E-state index contributed by atoms with van der Waals surface area (Å²) in [6.07, 6.45) is 5.42. The topological polar surface area (TPSA) is 80.5 Å². The Labute approximate surface area is 116 Å². The zero-order valence-corrected chi connectivity index (χ0v) is 11.0. The molecule has 0 amide bonds. The number of rotatable bonds is 2.